The van der Waals surface area contributed by atoms with E-state index in [1.54, 1.807) is 81.6 Å². The fourth-order valence-corrected chi connectivity index (χ4v) is 5.35. The van der Waals surface area contributed by atoms with Gasteiger partial charge in [-0.05, 0) is 74.9 Å². The number of ether oxygens (including phenoxy) is 1. The molecular weight excluding hydrogens is 526 g/mol. The van der Waals surface area contributed by atoms with Crippen LogP contribution in [0.25, 0.3) is 0 Å². The smallest absolute Gasteiger partial charge is 0.264 e. The summed E-state index contributed by atoms with van der Waals surface area (Å²) in [6.45, 7) is 5.24. The van der Waals surface area contributed by atoms with Crippen molar-refractivity contribution in [2.45, 2.75) is 38.3 Å². The normalized spacial score (nSPS) is 11.9. The minimum atomic E-state index is -4.12. The molecule has 3 aromatic rings. The maximum atomic E-state index is 13.8. The van der Waals surface area contributed by atoms with Gasteiger partial charge in [0.05, 0.1) is 17.7 Å². The van der Waals surface area contributed by atoms with Gasteiger partial charge in [-0.2, -0.15) is 0 Å². The van der Waals surface area contributed by atoms with E-state index in [0.29, 0.717) is 17.3 Å². The molecule has 0 aliphatic rings. The van der Waals surface area contributed by atoms with Gasteiger partial charge < -0.3 is 15.0 Å². The summed E-state index contributed by atoms with van der Waals surface area (Å²) in [5, 5.41) is 3.17. The molecule has 0 aliphatic heterocycles. The number of carbonyl (C=O) groups is 2. The first kappa shape index (κ1) is 29.0. The van der Waals surface area contributed by atoms with Gasteiger partial charge in [0.15, 0.2) is 0 Å². The highest BCUT2D eigenvalue weighted by Gasteiger charge is 2.32. The molecule has 0 aromatic heterocycles. The predicted octanol–water partition coefficient (Wildman–Crippen LogP) is 4.41. The van der Waals surface area contributed by atoms with E-state index in [1.807, 2.05) is 6.92 Å². The summed E-state index contributed by atoms with van der Waals surface area (Å²) < 4.78 is 33.8. The van der Waals surface area contributed by atoms with Crippen molar-refractivity contribution in [3.05, 3.63) is 88.9 Å². The van der Waals surface area contributed by atoms with E-state index < -0.39 is 28.5 Å². The van der Waals surface area contributed by atoms with Crippen molar-refractivity contribution in [3.63, 3.8) is 0 Å². The molecule has 0 saturated carbocycles. The number of halogens is 1. The van der Waals surface area contributed by atoms with Crippen molar-refractivity contribution in [1.29, 1.82) is 0 Å². The first-order valence-electron chi connectivity index (χ1n) is 12.1. The molecular formula is C28H32ClN3O5S. The van der Waals surface area contributed by atoms with Crippen LogP contribution < -0.4 is 14.4 Å². The highest BCUT2D eigenvalue weighted by molar-refractivity contribution is 7.92. The van der Waals surface area contributed by atoms with Gasteiger partial charge in [-0.25, -0.2) is 8.42 Å². The molecule has 1 N–H and O–H groups in total. The summed E-state index contributed by atoms with van der Waals surface area (Å²) in [5.74, 6) is -0.222. The Balaban J connectivity index is 2.01. The summed E-state index contributed by atoms with van der Waals surface area (Å²) in [6, 6.07) is 18.9. The molecule has 0 radical (unpaired) electrons. The van der Waals surface area contributed by atoms with Crippen molar-refractivity contribution in [2.24, 2.45) is 0 Å². The Morgan fingerprint density at radius 2 is 1.58 bits per heavy atom. The Hall–Kier alpha value is -3.56. The number of likely N-dealkylation sites (N-methyl/N-ethyl adjacent to an activating group) is 1. The van der Waals surface area contributed by atoms with Crippen LogP contribution >= 0.6 is 11.6 Å². The fraction of sp³-hybridized carbons (Fsp3) is 0.286. The van der Waals surface area contributed by atoms with Gasteiger partial charge in [0, 0.05) is 18.1 Å². The van der Waals surface area contributed by atoms with Gasteiger partial charge in [-0.15, -0.1) is 0 Å². The Kier molecular flexibility index (Phi) is 9.77. The number of nitrogens with one attached hydrogen (secondary N) is 1. The number of benzene rings is 3. The molecule has 1 atom stereocenters. The Bertz CT molecular complexity index is 1340. The van der Waals surface area contributed by atoms with Crippen molar-refractivity contribution < 1.29 is 22.7 Å². The zero-order valence-corrected chi connectivity index (χ0v) is 23.4. The van der Waals surface area contributed by atoms with E-state index >= 15 is 0 Å². The van der Waals surface area contributed by atoms with Crippen LogP contribution in [0, 0.1) is 6.92 Å². The SMILES string of the molecule is CCNC(=O)[C@H](C)N(Cc1ccc(OC)cc1)C(=O)CN(c1ccc(Cl)cc1)S(=O)(=O)c1ccc(C)cc1. The Morgan fingerprint density at radius 3 is 2.13 bits per heavy atom. The second kappa shape index (κ2) is 12.8. The molecule has 0 bridgehead atoms. The Morgan fingerprint density at radius 1 is 0.974 bits per heavy atom. The highest BCUT2D eigenvalue weighted by atomic mass is 35.5. The van der Waals surface area contributed by atoms with E-state index in [0.717, 1.165) is 15.4 Å². The lowest BCUT2D eigenvalue weighted by Crippen LogP contribution is -2.51. The Labute approximate surface area is 229 Å². The van der Waals surface area contributed by atoms with E-state index in [2.05, 4.69) is 5.32 Å². The molecule has 38 heavy (non-hydrogen) atoms. The third-order valence-corrected chi connectivity index (χ3v) is 8.07. The standard InChI is InChI=1S/C28H32ClN3O5S/c1-5-30-28(34)21(3)31(18-22-8-14-25(37-4)15-9-22)27(33)19-32(24-12-10-23(29)11-13-24)38(35,36)26-16-6-20(2)7-17-26/h6-17,21H,5,18-19H2,1-4H3,(H,30,34)/t21-/m0/s1. The van der Waals surface area contributed by atoms with Gasteiger partial charge in [-0.1, -0.05) is 41.4 Å². The average molecular weight is 558 g/mol. The van der Waals surface area contributed by atoms with E-state index in [9.17, 15) is 18.0 Å². The average Bonchev–Trinajstić information content (AvgIpc) is 2.91. The third-order valence-electron chi connectivity index (χ3n) is 6.03. The number of nitrogens with zero attached hydrogens (tertiary/aromatic N) is 2. The van der Waals surface area contributed by atoms with Crippen LogP contribution in [0.1, 0.15) is 25.0 Å². The largest absolute Gasteiger partial charge is 0.497 e. The molecule has 2 amide bonds. The van der Waals surface area contributed by atoms with Crippen LogP contribution in [0.4, 0.5) is 5.69 Å². The number of anilines is 1. The van der Waals surface area contributed by atoms with Crippen LogP contribution in [-0.2, 0) is 26.2 Å². The van der Waals surface area contributed by atoms with Crippen molar-refractivity contribution in [3.8, 4) is 5.75 Å². The van der Waals surface area contributed by atoms with E-state index in [1.165, 1.54) is 17.0 Å². The molecule has 202 valence electrons. The topological polar surface area (TPSA) is 96.0 Å². The van der Waals surface area contributed by atoms with Gasteiger partial charge in [-0.3, -0.25) is 13.9 Å². The van der Waals surface area contributed by atoms with Gasteiger partial charge in [0.2, 0.25) is 11.8 Å². The molecule has 0 heterocycles. The van der Waals surface area contributed by atoms with Gasteiger partial charge in [0.1, 0.15) is 18.3 Å². The number of carbonyl (C=O) groups excluding carboxylic acids is 2. The highest BCUT2D eigenvalue weighted by Crippen LogP contribution is 2.26. The summed E-state index contributed by atoms with van der Waals surface area (Å²) in [7, 11) is -2.57. The third kappa shape index (κ3) is 7.05. The second-order valence-electron chi connectivity index (χ2n) is 8.74. The summed E-state index contributed by atoms with van der Waals surface area (Å²) in [6.07, 6.45) is 0. The van der Waals surface area contributed by atoms with Crippen LogP contribution in [0.2, 0.25) is 5.02 Å². The van der Waals surface area contributed by atoms with Crippen LogP contribution in [-0.4, -0.2) is 51.4 Å². The minimum absolute atomic E-state index is 0.0457. The molecule has 10 heteroatoms. The van der Waals surface area contributed by atoms with E-state index in [-0.39, 0.29) is 23.0 Å². The lowest BCUT2D eigenvalue weighted by atomic mass is 10.1. The number of amides is 2. The lowest BCUT2D eigenvalue weighted by Gasteiger charge is -2.32. The number of sulfonamides is 1. The summed E-state index contributed by atoms with van der Waals surface area (Å²) in [5.41, 5.74) is 1.94. The van der Waals surface area contributed by atoms with Crippen molar-refractivity contribution in [1.82, 2.24) is 10.2 Å². The number of hydrogen-bond acceptors (Lipinski definition) is 5. The first-order valence-corrected chi connectivity index (χ1v) is 13.9. The van der Waals surface area contributed by atoms with Crippen LogP contribution in [0.3, 0.4) is 0 Å². The summed E-state index contributed by atoms with van der Waals surface area (Å²) in [4.78, 5) is 28.0. The number of rotatable bonds is 11. The number of methoxy groups -OCH3 is 1. The van der Waals surface area contributed by atoms with E-state index in [4.69, 9.17) is 16.3 Å². The zero-order chi connectivity index (χ0) is 27.9. The number of aryl methyl sites for hydroxylation is 1. The fourth-order valence-electron chi connectivity index (χ4n) is 3.81. The second-order valence-corrected chi connectivity index (χ2v) is 11.0. The molecule has 3 aromatic carbocycles. The molecule has 0 fully saturated rings. The maximum Gasteiger partial charge on any atom is 0.264 e. The minimum Gasteiger partial charge on any atom is -0.497 e. The van der Waals surface area contributed by atoms with Crippen molar-refractivity contribution in [2.75, 3.05) is 24.5 Å². The monoisotopic (exact) mass is 557 g/mol. The molecule has 0 aliphatic carbocycles. The molecule has 0 saturated heterocycles. The van der Waals surface area contributed by atoms with Crippen LogP contribution in [0.15, 0.2) is 77.7 Å². The van der Waals surface area contributed by atoms with Crippen LogP contribution in [0.5, 0.6) is 5.75 Å². The maximum absolute atomic E-state index is 13.8. The lowest BCUT2D eigenvalue weighted by molar-refractivity contribution is -0.139. The summed E-state index contributed by atoms with van der Waals surface area (Å²) >= 11 is 6.04. The number of hydrogen-bond donors (Lipinski definition) is 1. The molecule has 3 rings (SSSR count). The molecule has 0 spiro atoms. The van der Waals surface area contributed by atoms with Gasteiger partial charge in [0.25, 0.3) is 10.0 Å². The quantitative estimate of drug-likeness (QED) is 0.377. The molecule has 0 unspecified atom stereocenters. The predicted molar refractivity (Wildman–Crippen MR) is 149 cm³/mol. The zero-order valence-electron chi connectivity index (χ0n) is 21.8. The van der Waals surface area contributed by atoms with Crippen molar-refractivity contribution >= 4 is 39.1 Å². The molecule has 8 nitrogen and oxygen atoms in total. The first-order chi connectivity index (χ1) is 18.1. The van der Waals surface area contributed by atoms with Gasteiger partial charge >= 0.3 is 0 Å².